The number of ether oxygens (including phenoxy) is 2. The molecule has 0 radical (unpaired) electrons. The third-order valence-corrected chi connectivity index (χ3v) is 6.84. The minimum absolute atomic E-state index is 0.0691. The van der Waals surface area contributed by atoms with Crippen LogP contribution >= 0.6 is 7.60 Å². The number of carbonyl (C=O) groups is 2. The molecule has 0 aliphatic heterocycles. The van der Waals surface area contributed by atoms with Gasteiger partial charge in [0.15, 0.2) is 0 Å². The molecular formula is C26H29N2O7P. The maximum Gasteiger partial charge on any atom is 0.411 e. The minimum Gasteiger partial charge on any atom is -0.444 e. The van der Waals surface area contributed by atoms with Crippen molar-refractivity contribution < 1.29 is 32.7 Å². The Bertz CT molecular complexity index is 1100. The molecule has 0 atom stereocenters. The van der Waals surface area contributed by atoms with E-state index < -0.39 is 19.8 Å². The largest absolute Gasteiger partial charge is 0.444 e. The first-order valence-electron chi connectivity index (χ1n) is 11.4. The van der Waals surface area contributed by atoms with Crippen LogP contribution in [0.5, 0.6) is 0 Å². The van der Waals surface area contributed by atoms with Gasteiger partial charge in [-0.1, -0.05) is 60.7 Å². The molecule has 0 aliphatic carbocycles. The molecule has 3 aromatic carbocycles. The van der Waals surface area contributed by atoms with Gasteiger partial charge in [-0.05, 0) is 43.2 Å². The Hall–Kier alpha value is -3.65. The van der Waals surface area contributed by atoms with E-state index in [0.717, 1.165) is 11.1 Å². The highest BCUT2D eigenvalue weighted by Crippen LogP contribution is 2.47. The van der Waals surface area contributed by atoms with Gasteiger partial charge in [0.1, 0.15) is 13.2 Å². The summed E-state index contributed by atoms with van der Waals surface area (Å²) in [6.07, 6.45) is -1.45. The van der Waals surface area contributed by atoms with Crippen LogP contribution in [0.15, 0.2) is 78.9 Å². The molecule has 9 nitrogen and oxygen atoms in total. The predicted octanol–water partition coefficient (Wildman–Crippen LogP) is 6.08. The van der Waals surface area contributed by atoms with Crippen LogP contribution in [-0.4, -0.2) is 25.4 Å². The molecular weight excluding hydrogens is 483 g/mol. The highest BCUT2D eigenvalue weighted by molar-refractivity contribution is 7.62. The Kier molecular flexibility index (Phi) is 10.1. The lowest BCUT2D eigenvalue weighted by atomic mass is 10.2. The van der Waals surface area contributed by atoms with Gasteiger partial charge in [0.25, 0.3) is 0 Å². The van der Waals surface area contributed by atoms with Crippen molar-refractivity contribution >= 4 is 36.5 Å². The van der Waals surface area contributed by atoms with Crippen LogP contribution in [-0.2, 0) is 36.3 Å². The summed E-state index contributed by atoms with van der Waals surface area (Å²) in [5.41, 5.74) is 2.09. The molecule has 0 heterocycles. The number of carbonyl (C=O) groups excluding carboxylic acids is 2. The Morgan fingerprint density at radius 1 is 0.694 bits per heavy atom. The van der Waals surface area contributed by atoms with Crippen LogP contribution in [0.1, 0.15) is 25.0 Å². The molecule has 0 fully saturated rings. The lowest BCUT2D eigenvalue weighted by molar-refractivity contribution is 0.154. The zero-order chi connectivity index (χ0) is 25.8. The van der Waals surface area contributed by atoms with Crippen LogP contribution in [0, 0.1) is 0 Å². The van der Waals surface area contributed by atoms with Gasteiger partial charge in [-0.3, -0.25) is 15.2 Å². The van der Waals surface area contributed by atoms with Gasteiger partial charge in [-0.25, -0.2) is 9.59 Å². The van der Waals surface area contributed by atoms with Gasteiger partial charge in [0, 0.05) is 11.4 Å². The molecule has 0 aliphatic rings. The van der Waals surface area contributed by atoms with Crippen LogP contribution in [0.25, 0.3) is 0 Å². The topological polar surface area (TPSA) is 112 Å². The third kappa shape index (κ3) is 8.23. The van der Waals surface area contributed by atoms with Crippen LogP contribution in [0.2, 0.25) is 0 Å². The summed E-state index contributed by atoms with van der Waals surface area (Å²) in [6, 6.07) is 22.8. The molecule has 0 aromatic heterocycles. The average molecular weight is 512 g/mol. The van der Waals surface area contributed by atoms with E-state index in [2.05, 4.69) is 10.6 Å². The highest BCUT2D eigenvalue weighted by atomic mass is 31.2. The van der Waals surface area contributed by atoms with Crippen LogP contribution in [0.4, 0.5) is 21.0 Å². The van der Waals surface area contributed by atoms with E-state index in [9.17, 15) is 14.2 Å². The average Bonchev–Trinajstić information content (AvgIpc) is 2.88. The van der Waals surface area contributed by atoms with Crippen molar-refractivity contribution in [2.45, 2.75) is 27.1 Å². The Morgan fingerprint density at radius 2 is 1.11 bits per heavy atom. The molecule has 0 spiro atoms. The summed E-state index contributed by atoms with van der Waals surface area (Å²) in [4.78, 5) is 24.8. The summed E-state index contributed by atoms with van der Waals surface area (Å²) in [7, 11) is -3.72. The van der Waals surface area contributed by atoms with Gasteiger partial charge in [-0.15, -0.1) is 0 Å². The summed E-state index contributed by atoms with van der Waals surface area (Å²) in [6.45, 7) is 3.79. The fraction of sp³-hybridized carbons (Fsp3) is 0.231. The van der Waals surface area contributed by atoms with E-state index in [1.54, 1.807) is 13.8 Å². The van der Waals surface area contributed by atoms with Crippen molar-refractivity contribution in [3.05, 3.63) is 90.0 Å². The summed E-state index contributed by atoms with van der Waals surface area (Å²) in [5, 5.41) is 5.35. The van der Waals surface area contributed by atoms with Crippen molar-refractivity contribution in [2.75, 3.05) is 23.8 Å². The zero-order valence-electron chi connectivity index (χ0n) is 20.1. The predicted molar refractivity (Wildman–Crippen MR) is 137 cm³/mol. The molecule has 190 valence electrons. The Balaban J connectivity index is 1.77. The van der Waals surface area contributed by atoms with Crippen molar-refractivity contribution in [1.82, 2.24) is 0 Å². The quantitative estimate of drug-likeness (QED) is 0.300. The number of benzene rings is 3. The van der Waals surface area contributed by atoms with E-state index in [4.69, 9.17) is 18.5 Å². The molecule has 3 rings (SSSR count). The number of amides is 2. The molecule has 0 unspecified atom stereocenters. The van der Waals surface area contributed by atoms with Crippen molar-refractivity contribution in [3.63, 3.8) is 0 Å². The second-order valence-electron chi connectivity index (χ2n) is 7.48. The molecule has 0 saturated carbocycles. The second kappa shape index (κ2) is 13.4. The number of anilines is 2. The monoisotopic (exact) mass is 512 g/mol. The second-order valence-corrected chi connectivity index (χ2v) is 9.50. The summed E-state index contributed by atoms with van der Waals surface area (Å²) < 4.78 is 34.8. The highest BCUT2D eigenvalue weighted by Gasteiger charge is 2.28. The van der Waals surface area contributed by atoms with E-state index in [1.807, 2.05) is 60.7 Å². The number of nitrogens with one attached hydrogen (secondary N) is 2. The first kappa shape index (κ1) is 26.9. The molecule has 2 N–H and O–H groups in total. The van der Waals surface area contributed by atoms with Crippen molar-refractivity contribution in [2.24, 2.45) is 0 Å². The van der Waals surface area contributed by atoms with Gasteiger partial charge < -0.3 is 18.5 Å². The molecule has 10 heteroatoms. The fourth-order valence-corrected chi connectivity index (χ4v) is 4.84. The van der Waals surface area contributed by atoms with E-state index in [-0.39, 0.29) is 43.1 Å². The lowest BCUT2D eigenvalue weighted by Crippen LogP contribution is -2.19. The van der Waals surface area contributed by atoms with E-state index in [1.165, 1.54) is 18.2 Å². The maximum atomic E-state index is 13.4. The standard InChI is InChI=1S/C26H29N2O7P/c1-3-34-36(31,35-4-2)24-16-22(27-25(29)32-18-20-11-7-5-8-12-20)15-23(17-24)28-26(30)33-19-21-13-9-6-10-14-21/h5-17H,3-4,18-19H2,1-2H3,(H,27,29)(H,28,30). The Morgan fingerprint density at radius 3 is 1.50 bits per heavy atom. The van der Waals surface area contributed by atoms with Crippen LogP contribution in [0.3, 0.4) is 0 Å². The van der Waals surface area contributed by atoms with Crippen molar-refractivity contribution in [1.29, 1.82) is 0 Å². The van der Waals surface area contributed by atoms with E-state index in [0.29, 0.717) is 0 Å². The number of hydrogen-bond acceptors (Lipinski definition) is 7. The number of hydrogen-bond donors (Lipinski definition) is 2. The van der Waals surface area contributed by atoms with Gasteiger partial charge in [0.2, 0.25) is 0 Å². The smallest absolute Gasteiger partial charge is 0.411 e. The zero-order valence-corrected chi connectivity index (χ0v) is 21.0. The molecule has 2 amide bonds. The first-order chi connectivity index (χ1) is 17.4. The molecule has 0 bridgehead atoms. The van der Waals surface area contributed by atoms with Gasteiger partial charge in [0.05, 0.1) is 18.5 Å². The van der Waals surface area contributed by atoms with Crippen molar-refractivity contribution in [3.8, 4) is 0 Å². The molecule has 36 heavy (non-hydrogen) atoms. The van der Waals surface area contributed by atoms with E-state index >= 15 is 0 Å². The van der Waals surface area contributed by atoms with Gasteiger partial charge in [-0.2, -0.15) is 0 Å². The fourth-order valence-electron chi connectivity index (χ4n) is 3.19. The van der Waals surface area contributed by atoms with Crippen LogP contribution < -0.4 is 15.9 Å². The normalized spacial score (nSPS) is 10.9. The maximum absolute atomic E-state index is 13.4. The molecule has 3 aromatic rings. The number of rotatable bonds is 11. The Labute approximate surface area is 210 Å². The lowest BCUT2D eigenvalue weighted by Gasteiger charge is -2.19. The molecule has 0 saturated heterocycles. The SMILES string of the molecule is CCOP(=O)(OCC)c1cc(NC(=O)OCc2ccccc2)cc(NC(=O)OCc2ccccc2)c1. The summed E-state index contributed by atoms with van der Waals surface area (Å²) >= 11 is 0. The minimum atomic E-state index is -3.72. The third-order valence-electron chi connectivity index (χ3n) is 4.75. The van der Waals surface area contributed by atoms with Gasteiger partial charge >= 0.3 is 19.8 Å². The summed E-state index contributed by atoms with van der Waals surface area (Å²) in [5.74, 6) is 0. The first-order valence-corrected chi connectivity index (χ1v) is 13.0.